The summed E-state index contributed by atoms with van der Waals surface area (Å²) in [5.41, 5.74) is 0. The van der Waals surface area contributed by atoms with E-state index in [1.165, 1.54) is 12.1 Å². The van der Waals surface area contributed by atoms with Crippen LogP contribution in [0.2, 0.25) is 0 Å². The quantitative estimate of drug-likeness (QED) is 0.765. The third kappa shape index (κ3) is 3.06. The minimum Gasteiger partial charge on any atom is -0.300 e. The lowest BCUT2D eigenvalue weighted by Gasteiger charge is -2.19. The molecule has 0 saturated heterocycles. The summed E-state index contributed by atoms with van der Waals surface area (Å²) in [5, 5.41) is 0.386. The fraction of sp³-hybridized carbons (Fsp3) is 0.417. The Morgan fingerprint density at radius 3 is 2.67 bits per heavy atom. The van der Waals surface area contributed by atoms with Crippen molar-refractivity contribution in [3.05, 3.63) is 30.1 Å². The maximum atomic E-state index is 12.7. The topological polar surface area (TPSA) is 17.1 Å². The summed E-state index contributed by atoms with van der Waals surface area (Å²) in [6, 6.07) is 6.48. The lowest BCUT2D eigenvalue weighted by atomic mass is 9.99. The normalized spacial score (nSPS) is 21.7. The molecule has 1 aromatic rings. The maximum Gasteiger partial charge on any atom is 0.134 e. The van der Waals surface area contributed by atoms with E-state index in [0.717, 1.165) is 24.2 Å². The molecule has 0 radical (unpaired) electrons. The monoisotopic (exact) mass is 224 g/mol. The molecule has 1 fully saturated rings. The molecule has 0 spiro atoms. The highest BCUT2D eigenvalue weighted by atomic mass is 32.2. The molecule has 2 rings (SSSR count). The predicted molar refractivity (Wildman–Crippen MR) is 59.5 cm³/mol. The van der Waals surface area contributed by atoms with Crippen molar-refractivity contribution in [2.24, 2.45) is 0 Å². The molecule has 15 heavy (non-hydrogen) atoms. The molecule has 1 aliphatic rings. The molecule has 0 heterocycles. The summed E-state index contributed by atoms with van der Waals surface area (Å²) in [7, 11) is 0. The van der Waals surface area contributed by atoms with Crippen molar-refractivity contribution in [3.8, 4) is 0 Å². The van der Waals surface area contributed by atoms with Gasteiger partial charge >= 0.3 is 0 Å². The number of benzene rings is 1. The summed E-state index contributed by atoms with van der Waals surface area (Å²) in [6.07, 6.45) is 3.49. The van der Waals surface area contributed by atoms with Crippen molar-refractivity contribution >= 4 is 17.5 Å². The second kappa shape index (κ2) is 4.79. The number of thioether (sulfide) groups is 1. The molecule has 0 aliphatic heterocycles. The Hall–Kier alpha value is -0.830. The van der Waals surface area contributed by atoms with Crippen molar-refractivity contribution in [2.75, 3.05) is 0 Å². The Balaban J connectivity index is 1.96. The van der Waals surface area contributed by atoms with Crippen LogP contribution in [0, 0.1) is 5.82 Å². The first kappa shape index (κ1) is 10.7. The van der Waals surface area contributed by atoms with Gasteiger partial charge in [-0.05, 0) is 37.1 Å². The van der Waals surface area contributed by atoms with Gasteiger partial charge in [-0.3, -0.25) is 4.79 Å². The fourth-order valence-electron chi connectivity index (χ4n) is 1.79. The Morgan fingerprint density at radius 1 is 1.27 bits per heavy atom. The number of hydrogen-bond acceptors (Lipinski definition) is 2. The molecule has 0 aromatic heterocycles. The number of ketones is 1. The number of carbonyl (C=O) groups is 1. The average Bonchev–Trinajstić information content (AvgIpc) is 2.22. The maximum absolute atomic E-state index is 12.7. The molecule has 1 saturated carbocycles. The Kier molecular flexibility index (Phi) is 3.41. The minimum atomic E-state index is -0.209. The Morgan fingerprint density at radius 2 is 2.00 bits per heavy atom. The number of halogens is 1. The van der Waals surface area contributed by atoms with Crippen molar-refractivity contribution in [1.82, 2.24) is 0 Å². The molecule has 0 N–H and O–H groups in total. The zero-order valence-corrected chi connectivity index (χ0v) is 9.23. The van der Waals surface area contributed by atoms with E-state index < -0.39 is 0 Å². The van der Waals surface area contributed by atoms with Gasteiger partial charge in [-0.25, -0.2) is 4.39 Å². The van der Waals surface area contributed by atoms with Gasteiger partial charge < -0.3 is 0 Å². The molecule has 1 unspecified atom stereocenters. The minimum absolute atomic E-state index is 0.209. The molecule has 80 valence electrons. The first-order valence-corrected chi connectivity index (χ1v) is 6.06. The van der Waals surface area contributed by atoms with Crippen LogP contribution in [0.25, 0.3) is 0 Å². The third-order valence-electron chi connectivity index (χ3n) is 2.55. The van der Waals surface area contributed by atoms with E-state index in [1.54, 1.807) is 23.9 Å². The highest BCUT2D eigenvalue weighted by molar-refractivity contribution is 8.00. The van der Waals surface area contributed by atoms with Crippen LogP contribution in [-0.4, -0.2) is 11.0 Å². The number of carbonyl (C=O) groups excluding carboxylic acids is 1. The van der Waals surface area contributed by atoms with Gasteiger partial charge in [0.2, 0.25) is 0 Å². The van der Waals surface area contributed by atoms with Crippen LogP contribution in [0.5, 0.6) is 0 Å². The summed E-state index contributed by atoms with van der Waals surface area (Å²) in [6.45, 7) is 0. The van der Waals surface area contributed by atoms with E-state index >= 15 is 0 Å². The van der Waals surface area contributed by atoms with Gasteiger partial charge in [-0.1, -0.05) is 0 Å². The van der Waals surface area contributed by atoms with Gasteiger partial charge in [-0.2, -0.15) is 0 Å². The summed E-state index contributed by atoms with van der Waals surface area (Å²) < 4.78 is 12.7. The van der Waals surface area contributed by atoms with Gasteiger partial charge in [0.25, 0.3) is 0 Å². The molecular formula is C12H13FOS. The van der Waals surface area contributed by atoms with Crippen molar-refractivity contribution in [3.63, 3.8) is 0 Å². The van der Waals surface area contributed by atoms with Gasteiger partial charge in [0.15, 0.2) is 0 Å². The highest BCUT2D eigenvalue weighted by Crippen LogP contribution is 2.32. The van der Waals surface area contributed by atoms with E-state index in [9.17, 15) is 9.18 Å². The molecule has 0 bridgehead atoms. The first-order chi connectivity index (χ1) is 7.24. The van der Waals surface area contributed by atoms with E-state index in [0.29, 0.717) is 17.5 Å². The van der Waals surface area contributed by atoms with E-state index in [4.69, 9.17) is 0 Å². The number of rotatable bonds is 2. The summed E-state index contributed by atoms with van der Waals surface area (Å²) >= 11 is 1.69. The smallest absolute Gasteiger partial charge is 0.134 e. The van der Waals surface area contributed by atoms with Crippen LogP contribution in [0.15, 0.2) is 29.2 Å². The van der Waals surface area contributed by atoms with E-state index in [-0.39, 0.29) is 5.82 Å². The predicted octanol–water partition coefficient (Wildman–Crippen LogP) is 3.43. The highest BCUT2D eigenvalue weighted by Gasteiger charge is 2.20. The van der Waals surface area contributed by atoms with E-state index in [2.05, 4.69) is 0 Å². The zero-order valence-electron chi connectivity index (χ0n) is 8.41. The lowest BCUT2D eigenvalue weighted by molar-refractivity contribution is -0.120. The number of Topliss-reactive ketones (excluding diaryl/α,β-unsaturated/α-hetero) is 1. The molecule has 0 amide bonds. The Labute approximate surface area is 93.1 Å². The van der Waals surface area contributed by atoms with Crippen LogP contribution in [0.4, 0.5) is 4.39 Å². The Bertz CT molecular complexity index is 347. The summed E-state index contributed by atoms with van der Waals surface area (Å²) in [4.78, 5) is 12.3. The standard InChI is InChI=1S/C12H13FOS/c13-9-4-6-11(7-5-9)15-12-3-1-2-10(14)8-12/h4-7,12H,1-3,8H2. The average molecular weight is 224 g/mol. The second-order valence-electron chi connectivity index (χ2n) is 3.83. The van der Waals surface area contributed by atoms with Gasteiger partial charge in [0, 0.05) is 23.0 Å². The van der Waals surface area contributed by atoms with Gasteiger partial charge in [0.1, 0.15) is 11.6 Å². The summed E-state index contributed by atoms with van der Waals surface area (Å²) in [5.74, 6) is 0.153. The zero-order chi connectivity index (χ0) is 10.7. The largest absolute Gasteiger partial charge is 0.300 e. The van der Waals surface area contributed by atoms with Crippen molar-refractivity contribution in [2.45, 2.75) is 35.8 Å². The van der Waals surface area contributed by atoms with Crippen molar-refractivity contribution in [1.29, 1.82) is 0 Å². The van der Waals surface area contributed by atoms with Crippen LogP contribution < -0.4 is 0 Å². The van der Waals surface area contributed by atoms with Crippen LogP contribution in [0.1, 0.15) is 25.7 Å². The fourth-order valence-corrected chi connectivity index (χ4v) is 3.02. The lowest BCUT2D eigenvalue weighted by Crippen LogP contribution is -2.16. The van der Waals surface area contributed by atoms with Crippen LogP contribution in [0.3, 0.4) is 0 Å². The molecule has 1 atom stereocenters. The van der Waals surface area contributed by atoms with Crippen LogP contribution >= 0.6 is 11.8 Å². The van der Waals surface area contributed by atoms with Gasteiger partial charge in [0.05, 0.1) is 0 Å². The molecular weight excluding hydrogens is 211 g/mol. The SMILES string of the molecule is O=C1CCCC(Sc2ccc(F)cc2)C1. The number of hydrogen-bond donors (Lipinski definition) is 0. The molecule has 3 heteroatoms. The van der Waals surface area contributed by atoms with Crippen LogP contribution in [-0.2, 0) is 4.79 Å². The third-order valence-corrected chi connectivity index (χ3v) is 3.83. The first-order valence-electron chi connectivity index (χ1n) is 5.18. The molecule has 1 aliphatic carbocycles. The molecule has 1 aromatic carbocycles. The van der Waals surface area contributed by atoms with Crippen molar-refractivity contribution < 1.29 is 9.18 Å². The molecule has 1 nitrogen and oxygen atoms in total. The van der Waals surface area contributed by atoms with Gasteiger partial charge in [-0.15, -0.1) is 11.8 Å². The van der Waals surface area contributed by atoms with E-state index in [1.807, 2.05) is 0 Å². The second-order valence-corrected chi connectivity index (χ2v) is 5.20.